The second-order valence-corrected chi connectivity index (χ2v) is 10.2. The molecule has 1 heterocycles. The fraction of sp³-hybridized carbons (Fsp3) is 0.381. The molecule has 1 amide bonds. The number of piperidine rings is 1. The van der Waals surface area contributed by atoms with Gasteiger partial charge >= 0.3 is 0 Å². The fourth-order valence-electron chi connectivity index (χ4n) is 3.59. The maximum atomic E-state index is 13.9. The van der Waals surface area contributed by atoms with Crippen LogP contribution in [0.5, 0.6) is 5.75 Å². The van der Waals surface area contributed by atoms with Gasteiger partial charge in [-0.25, -0.2) is 12.8 Å². The van der Waals surface area contributed by atoms with Crippen LogP contribution in [0.25, 0.3) is 0 Å². The summed E-state index contributed by atoms with van der Waals surface area (Å²) < 4.78 is 46.9. The molecule has 30 heavy (non-hydrogen) atoms. The van der Waals surface area contributed by atoms with Gasteiger partial charge < -0.3 is 9.64 Å². The number of hydrogen-bond donors (Lipinski definition) is 0. The van der Waals surface area contributed by atoms with E-state index in [1.165, 1.54) is 28.4 Å². The van der Waals surface area contributed by atoms with Crippen molar-refractivity contribution in [3.63, 3.8) is 0 Å². The number of sulfonamides is 1. The maximum absolute atomic E-state index is 13.9. The van der Waals surface area contributed by atoms with Crippen molar-refractivity contribution in [2.45, 2.75) is 24.3 Å². The van der Waals surface area contributed by atoms with E-state index in [1.807, 2.05) is 0 Å². The van der Waals surface area contributed by atoms with E-state index in [-0.39, 0.29) is 29.6 Å². The summed E-state index contributed by atoms with van der Waals surface area (Å²) in [7, 11) is -0.626. The van der Waals surface area contributed by atoms with Crippen molar-refractivity contribution in [2.75, 3.05) is 27.2 Å². The summed E-state index contributed by atoms with van der Waals surface area (Å²) in [6.45, 7) is 0.754. The molecule has 0 aliphatic carbocycles. The molecule has 0 aromatic heterocycles. The average Bonchev–Trinajstić information content (AvgIpc) is 2.73. The Bertz CT molecular complexity index is 1010. The molecule has 0 radical (unpaired) electrons. The summed E-state index contributed by atoms with van der Waals surface area (Å²) in [4.78, 5) is 14.7. The lowest BCUT2D eigenvalue weighted by Gasteiger charge is -2.33. The minimum absolute atomic E-state index is 0.137. The molecule has 2 aromatic carbocycles. The number of carbonyl (C=O) groups is 1. The number of amides is 1. The Kier molecular flexibility index (Phi) is 7.15. The summed E-state index contributed by atoms with van der Waals surface area (Å²) >= 11 is 3.30. The third-order valence-corrected chi connectivity index (χ3v) is 7.60. The summed E-state index contributed by atoms with van der Waals surface area (Å²) in [6, 6.07) is 11.0. The molecular formula is C21H24BrFN2O4S. The highest BCUT2D eigenvalue weighted by Crippen LogP contribution is 2.26. The van der Waals surface area contributed by atoms with Crippen molar-refractivity contribution in [1.82, 2.24) is 9.21 Å². The largest absolute Gasteiger partial charge is 0.494 e. The monoisotopic (exact) mass is 498 g/mol. The predicted molar refractivity (Wildman–Crippen MR) is 115 cm³/mol. The van der Waals surface area contributed by atoms with Gasteiger partial charge in [-0.05, 0) is 54.8 Å². The molecule has 6 nitrogen and oxygen atoms in total. The zero-order valence-corrected chi connectivity index (χ0v) is 19.2. The van der Waals surface area contributed by atoms with Crippen molar-refractivity contribution in [3.8, 4) is 5.75 Å². The first-order valence-electron chi connectivity index (χ1n) is 9.55. The van der Waals surface area contributed by atoms with Gasteiger partial charge in [0, 0.05) is 31.2 Å². The minimum atomic E-state index is -3.66. The summed E-state index contributed by atoms with van der Waals surface area (Å²) in [5, 5.41) is 0. The van der Waals surface area contributed by atoms with E-state index in [0.29, 0.717) is 24.9 Å². The van der Waals surface area contributed by atoms with Gasteiger partial charge in [-0.2, -0.15) is 4.31 Å². The van der Waals surface area contributed by atoms with E-state index in [1.54, 1.807) is 37.4 Å². The first-order chi connectivity index (χ1) is 14.2. The van der Waals surface area contributed by atoms with Crippen LogP contribution in [0.4, 0.5) is 4.39 Å². The van der Waals surface area contributed by atoms with Crippen LogP contribution in [0.1, 0.15) is 18.4 Å². The molecule has 0 spiro atoms. The van der Waals surface area contributed by atoms with Gasteiger partial charge in [0.15, 0.2) is 11.6 Å². The lowest BCUT2D eigenvalue weighted by molar-refractivity contribution is -0.135. The van der Waals surface area contributed by atoms with E-state index in [2.05, 4.69) is 15.9 Å². The Labute approximate surface area is 184 Å². The maximum Gasteiger partial charge on any atom is 0.243 e. The van der Waals surface area contributed by atoms with Gasteiger partial charge in [-0.15, -0.1) is 0 Å². The number of rotatable bonds is 6. The zero-order chi connectivity index (χ0) is 21.9. The van der Waals surface area contributed by atoms with E-state index in [4.69, 9.17) is 4.74 Å². The number of carbonyl (C=O) groups excluding carboxylic acids is 1. The predicted octanol–water partition coefficient (Wildman–Crippen LogP) is 3.66. The second-order valence-electron chi connectivity index (χ2n) is 7.32. The molecule has 0 N–H and O–H groups in total. The van der Waals surface area contributed by atoms with Gasteiger partial charge in [0.2, 0.25) is 15.9 Å². The van der Waals surface area contributed by atoms with Crippen molar-refractivity contribution >= 4 is 31.9 Å². The SMILES string of the molecule is COc1ccc(CN(C)C(=O)C2CCCN(S(=O)(=O)c3ccc(Br)cc3)C2)cc1F. The topological polar surface area (TPSA) is 66.9 Å². The van der Waals surface area contributed by atoms with E-state index >= 15 is 0 Å². The average molecular weight is 499 g/mol. The molecule has 2 aromatic rings. The lowest BCUT2D eigenvalue weighted by atomic mass is 9.98. The number of benzene rings is 2. The van der Waals surface area contributed by atoms with Gasteiger partial charge in [-0.1, -0.05) is 22.0 Å². The van der Waals surface area contributed by atoms with Crippen molar-refractivity contribution in [2.24, 2.45) is 5.92 Å². The van der Waals surface area contributed by atoms with Crippen molar-refractivity contribution in [3.05, 3.63) is 58.3 Å². The fourth-order valence-corrected chi connectivity index (χ4v) is 5.38. The van der Waals surface area contributed by atoms with E-state index in [0.717, 1.165) is 4.47 Å². The Morgan fingerprint density at radius 3 is 2.60 bits per heavy atom. The number of ether oxygens (including phenoxy) is 1. The molecule has 9 heteroatoms. The van der Waals surface area contributed by atoms with Crippen LogP contribution in [-0.2, 0) is 21.4 Å². The minimum Gasteiger partial charge on any atom is -0.494 e. The quantitative estimate of drug-likeness (QED) is 0.609. The second kappa shape index (κ2) is 9.45. The molecule has 3 rings (SSSR count). The molecule has 0 bridgehead atoms. The standard InChI is InChI=1S/C21H24BrFN2O4S/c1-24(13-15-5-10-20(29-2)19(23)12-15)21(26)16-4-3-11-25(14-16)30(27,28)18-8-6-17(22)7-9-18/h5-10,12,16H,3-4,11,13-14H2,1-2H3. The highest BCUT2D eigenvalue weighted by atomic mass is 79.9. The highest BCUT2D eigenvalue weighted by Gasteiger charge is 2.34. The number of hydrogen-bond acceptors (Lipinski definition) is 4. The third kappa shape index (κ3) is 5.01. The highest BCUT2D eigenvalue weighted by molar-refractivity contribution is 9.10. The molecule has 0 saturated carbocycles. The summed E-state index contributed by atoms with van der Waals surface area (Å²) in [6.07, 6.45) is 1.23. The summed E-state index contributed by atoms with van der Waals surface area (Å²) in [5.74, 6) is -0.923. The Morgan fingerprint density at radius 2 is 1.97 bits per heavy atom. The van der Waals surface area contributed by atoms with E-state index in [9.17, 15) is 17.6 Å². The molecular weight excluding hydrogens is 475 g/mol. The molecule has 1 aliphatic heterocycles. The normalized spacial score (nSPS) is 17.5. The number of nitrogens with zero attached hydrogens (tertiary/aromatic N) is 2. The number of halogens is 2. The van der Waals surface area contributed by atoms with Crippen LogP contribution in [0.3, 0.4) is 0 Å². The summed E-state index contributed by atoms with van der Waals surface area (Å²) in [5.41, 5.74) is 0.638. The third-order valence-electron chi connectivity index (χ3n) is 5.20. The van der Waals surface area contributed by atoms with Crippen LogP contribution < -0.4 is 4.74 Å². The van der Waals surface area contributed by atoms with Gasteiger partial charge in [-0.3, -0.25) is 4.79 Å². The van der Waals surface area contributed by atoms with Crippen LogP contribution in [-0.4, -0.2) is 50.8 Å². The zero-order valence-electron chi connectivity index (χ0n) is 16.8. The van der Waals surface area contributed by atoms with Crippen LogP contribution >= 0.6 is 15.9 Å². The molecule has 1 fully saturated rings. The molecule has 1 unspecified atom stereocenters. The molecule has 1 aliphatic rings. The Morgan fingerprint density at radius 1 is 1.27 bits per heavy atom. The van der Waals surface area contributed by atoms with Crippen LogP contribution in [0.15, 0.2) is 51.8 Å². The van der Waals surface area contributed by atoms with Crippen LogP contribution in [0, 0.1) is 11.7 Å². The Balaban J connectivity index is 1.69. The van der Waals surface area contributed by atoms with Gasteiger partial charge in [0.1, 0.15) is 0 Å². The Hall–Kier alpha value is -1.97. The lowest BCUT2D eigenvalue weighted by Crippen LogP contribution is -2.45. The number of methoxy groups -OCH3 is 1. The van der Waals surface area contributed by atoms with Crippen molar-refractivity contribution in [1.29, 1.82) is 0 Å². The molecule has 162 valence electrons. The smallest absolute Gasteiger partial charge is 0.243 e. The van der Waals surface area contributed by atoms with Gasteiger partial charge in [0.25, 0.3) is 0 Å². The first kappa shape index (κ1) is 22.7. The molecule has 1 saturated heterocycles. The van der Waals surface area contributed by atoms with Crippen molar-refractivity contribution < 1.29 is 22.3 Å². The van der Waals surface area contributed by atoms with E-state index < -0.39 is 21.8 Å². The molecule has 1 atom stereocenters. The first-order valence-corrected chi connectivity index (χ1v) is 11.8. The van der Waals surface area contributed by atoms with Gasteiger partial charge in [0.05, 0.1) is 17.9 Å². The van der Waals surface area contributed by atoms with Crippen LogP contribution in [0.2, 0.25) is 0 Å².